The highest BCUT2D eigenvalue weighted by Crippen LogP contribution is 2.25. The molecule has 1 aliphatic rings. The van der Waals surface area contributed by atoms with Gasteiger partial charge in [0.25, 0.3) is 5.91 Å². The molecular formula is C19H17BrFNO3. The van der Waals surface area contributed by atoms with Crippen LogP contribution in [0.3, 0.4) is 0 Å². The number of halogens is 2. The molecule has 0 aliphatic heterocycles. The van der Waals surface area contributed by atoms with E-state index in [-0.39, 0.29) is 5.56 Å². The Morgan fingerprint density at radius 2 is 1.92 bits per heavy atom. The zero-order chi connectivity index (χ0) is 18.0. The van der Waals surface area contributed by atoms with Crippen molar-refractivity contribution in [1.29, 1.82) is 0 Å². The van der Waals surface area contributed by atoms with Gasteiger partial charge in [-0.2, -0.15) is 0 Å². The normalized spacial score (nSPS) is 13.9. The summed E-state index contributed by atoms with van der Waals surface area (Å²) < 4.78 is 19.4. The van der Waals surface area contributed by atoms with Crippen molar-refractivity contribution in [1.82, 2.24) is 0 Å². The number of benzene rings is 2. The van der Waals surface area contributed by atoms with Gasteiger partial charge in [0.15, 0.2) is 6.10 Å². The Balaban J connectivity index is 1.64. The first-order valence-electron chi connectivity index (χ1n) is 8.03. The van der Waals surface area contributed by atoms with E-state index in [0.29, 0.717) is 10.2 Å². The molecule has 0 saturated heterocycles. The van der Waals surface area contributed by atoms with Gasteiger partial charge >= 0.3 is 5.97 Å². The quantitative estimate of drug-likeness (QED) is 0.773. The summed E-state index contributed by atoms with van der Waals surface area (Å²) in [7, 11) is 0. The number of carbonyl (C=O) groups excluding carboxylic acids is 2. The van der Waals surface area contributed by atoms with E-state index in [4.69, 9.17) is 4.74 Å². The number of nitrogens with one attached hydrogen (secondary N) is 1. The van der Waals surface area contributed by atoms with Crippen LogP contribution in [0.1, 0.15) is 34.8 Å². The van der Waals surface area contributed by atoms with E-state index in [1.807, 2.05) is 18.2 Å². The molecule has 4 nitrogen and oxygen atoms in total. The van der Waals surface area contributed by atoms with Crippen molar-refractivity contribution in [2.75, 3.05) is 5.32 Å². The molecule has 0 heterocycles. The van der Waals surface area contributed by atoms with E-state index in [9.17, 15) is 14.0 Å². The van der Waals surface area contributed by atoms with Crippen LogP contribution >= 0.6 is 15.9 Å². The molecule has 0 fully saturated rings. The Hall–Kier alpha value is -2.21. The fourth-order valence-corrected chi connectivity index (χ4v) is 3.19. The van der Waals surface area contributed by atoms with Gasteiger partial charge < -0.3 is 10.1 Å². The Morgan fingerprint density at radius 1 is 1.16 bits per heavy atom. The highest BCUT2D eigenvalue weighted by atomic mass is 79.9. The van der Waals surface area contributed by atoms with Gasteiger partial charge in [-0.1, -0.05) is 22.0 Å². The summed E-state index contributed by atoms with van der Waals surface area (Å²) in [5.74, 6) is -2.03. The lowest BCUT2D eigenvalue weighted by molar-refractivity contribution is -0.123. The third-order valence-corrected chi connectivity index (χ3v) is 4.66. The SMILES string of the molecule is C[C@@H](OC(=O)c1cc(Br)ccc1F)C(=O)Nc1ccc2c(c1)CCC2. The predicted molar refractivity (Wildman–Crippen MR) is 96.1 cm³/mol. The lowest BCUT2D eigenvalue weighted by Gasteiger charge is -2.14. The minimum atomic E-state index is -1.04. The molecule has 1 aliphatic carbocycles. The van der Waals surface area contributed by atoms with Gasteiger partial charge in [-0.25, -0.2) is 9.18 Å². The Morgan fingerprint density at radius 3 is 2.72 bits per heavy atom. The number of hydrogen-bond acceptors (Lipinski definition) is 3. The Labute approximate surface area is 153 Å². The number of aryl methyl sites for hydroxylation is 2. The second-order valence-corrected chi connectivity index (χ2v) is 6.91. The van der Waals surface area contributed by atoms with E-state index in [0.717, 1.165) is 25.3 Å². The monoisotopic (exact) mass is 405 g/mol. The fraction of sp³-hybridized carbons (Fsp3) is 0.263. The first-order valence-corrected chi connectivity index (χ1v) is 8.82. The number of fused-ring (bicyclic) bond motifs is 1. The zero-order valence-corrected chi connectivity index (χ0v) is 15.2. The van der Waals surface area contributed by atoms with Crippen LogP contribution < -0.4 is 5.32 Å². The number of carbonyl (C=O) groups is 2. The number of rotatable bonds is 4. The third-order valence-electron chi connectivity index (χ3n) is 4.17. The molecule has 0 bridgehead atoms. The summed E-state index contributed by atoms with van der Waals surface area (Å²) in [5.41, 5.74) is 3.00. The molecule has 2 aromatic rings. The zero-order valence-electron chi connectivity index (χ0n) is 13.6. The maximum atomic E-state index is 13.7. The van der Waals surface area contributed by atoms with Crippen molar-refractivity contribution in [3.05, 3.63) is 63.4 Å². The number of esters is 1. The number of hydrogen-bond donors (Lipinski definition) is 1. The molecule has 1 N–H and O–H groups in total. The molecule has 3 rings (SSSR count). The lowest BCUT2D eigenvalue weighted by Crippen LogP contribution is -2.30. The molecule has 0 spiro atoms. The van der Waals surface area contributed by atoms with Crippen LogP contribution in [0.4, 0.5) is 10.1 Å². The van der Waals surface area contributed by atoms with Gasteiger partial charge in [-0.05, 0) is 67.6 Å². The van der Waals surface area contributed by atoms with Crippen molar-refractivity contribution >= 4 is 33.5 Å². The second-order valence-electron chi connectivity index (χ2n) is 6.00. The van der Waals surface area contributed by atoms with Gasteiger partial charge in [-0.3, -0.25) is 4.79 Å². The summed E-state index contributed by atoms with van der Waals surface area (Å²) in [6.07, 6.45) is 2.15. The molecular weight excluding hydrogens is 389 g/mol. The molecule has 1 amide bonds. The molecule has 2 aromatic carbocycles. The van der Waals surface area contributed by atoms with E-state index >= 15 is 0 Å². The van der Waals surface area contributed by atoms with Crippen LogP contribution in [0.5, 0.6) is 0 Å². The van der Waals surface area contributed by atoms with Crippen molar-refractivity contribution in [2.45, 2.75) is 32.3 Å². The van der Waals surface area contributed by atoms with Gasteiger partial charge in [-0.15, -0.1) is 0 Å². The van der Waals surface area contributed by atoms with Crippen molar-refractivity contribution in [2.24, 2.45) is 0 Å². The molecule has 0 unspecified atom stereocenters. The summed E-state index contributed by atoms with van der Waals surface area (Å²) in [4.78, 5) is 24.3. The predicted octanol–water partition coefficient (Wildman–Crippen LogP) is 4.26. The van der Waals surface area contributed by atoms with Gasteiger partial charge in [0.1, 0.15) is 5.82 Å². The maximum absolute atomic E-state index is 13.7. The lowest BCUT2D eigenvalue weighted by atomic mass is 10.1. The van der Waals surface area contributed by atoms with Crippen LogP contribution in [0.2, 0.25) is 0 Å². The summed E-state index contributed by atoms with van der Waals surface area (Å²) in [5, 5.41) is 2.74. The second kappa shape index (κ2) is 7.35. The first-order chi connectivity index (χ1) is 11.9. The van der Waals surface area contributed by atoms with Gasteiger partial charge in [0.05, 0.1) is 5.56 Å². The molecule has 1 atom stereocenters. The molecule has 6 heteroatoms. The largest absolute Gasteiger partial charge is 0.449 e. The first kappa shape index (κ1) is 17.6. The number of amides is 1. The topological polar surface area (TPSA) is 55.4 Å². The average molecular weight is 406 g/mol. The van der Waals surface area contributed by atoms with Crippen LogP contribution in [0.25, 0.3) is 0 Å². The maximum Gasteiger partial charge on any atom is 0.341 e. The standard InChI is InChI=1S/C19H17BrFNO3/c1-11(25-19(24)16-10-14(20)6-8-17(16)21)18(23)22-15-7-5-12-3-2-4-13(12)9-15/h5-11H,2-4H2,1H3,(H,22,23)/t11-/m1/s1. The number of ether oxygens (including phenoxy) is 1. The molecule has 130 valence electrons. The third kappa shape index (κ3) is 4.07. The van der Waals surface area contributed by atoms with Crippen molar-refractivity contribution < 1.29 is 18.7 Å². The fourth-order valence-electron chi connectivity index (χ4n) is 2.82. The molecule has 0 saturated carbocycles. The molecule has 0 aromatic heterocycles. The van der Waals surface area contributed by atoms with E-state index < -0.39 is 23.8 Å². The van der Waals surface area contributed by atoms with Crippen molar-refractivity contribution in [3.63, 3.8) is 0 Å². The van der Waals surface area contributed by atoms with Crippen LogP contribution in [0, 0.1) is 5.82 Å². The minimum absolute atomic E-state index is 0.216. The molecule has 0 radical (unpaired) electrons. The molecule has 25 heavy (non-hydrogen) atoms. The summed E-state index contributed by atoms with van der Waals surface area (Å²) in [6.45, 7) is 1.45. The average Bonchev–Trinajstić information content (AvgIpc) is 3.04. The van der Waals surface area contributed by atoms with E-state index in [1.165, 1.54) is 30.2 Å². The Kier molecular flexibility index (Phi) is 5.18. The van der Waals surface area contributed by atoms with E-state index in [1.54, 1.807) is 0 Å². The highest BCUT2D eigenvalue weighted by molar-refractivity contribution is 9.10. The summed E-state index contributed by atoms with van der Waals surface area (Å²) in [6, 6.07) is 9.76. The smallest absolute Gasteiger partial charge is 0.341 e. The van der Waals surface area contributed by atoms with Gasteiger partial charge in [0, 0.05) is 10.2 Å². The summed E-state index contributed by atoms with van der Waals surface area (Å²) >= 11 is 3.17. The minimum Gasteiger partial charge on any atom is -0.449 e. The highest BCUT2D eigenvalue weighted by Gasteiger charge is 2.22. The number of anilines is 1. The van der Waals surface area contributed by atoms with Crippen LogP contribution in [-0.2, 0) is 22.4 Å². The van der Waals surface area contributed by atoms with Gasteiger partial charge in [0.2, 0.25) is 0 Å². The van der Waals surface area contributed by atoms with E-state index in [2.05, 4.69) is 21.2 Å². The van der Waals surface area contributed by atoms with Crippen LogP contribution in [0.15, 0.2) is 40.9 Å². The Bertz CT molecular complexity index is 837. The van der Waals surface area contributed by atoms with Crippen LogP contribution in [-0.4, -0.2) is 18.0 Å². The van der Waals surface area contributed by atoms with Crippen molar-refractivity contribution in [3.8, 4) is 0 Å².